The maximum atomic E-state index is 13.5. The molecule has 0 amide bonds. The molecule has 0 aliphatic heterocycles. The molecule has 132 valence electrons. The Labute approximate surface area is 144 Å². The highest BCUT2D eigenvalue weighted by atomic mass is 32.2. The van der Waals surface area contributed by atoms with Crippen molar-refractivity contribution in [3.05, 3.63) is 54.1 Å². The summed E-state index contributed by atoms with van der Waals surface area (Å²) in [6.45, 7) is -0.318. The smallest absolute Gasteiger partial charge is 0.247 e. The highest BCUT2D eigenvalue weighted by molar-refractivity contribution is 7.89. The van der Waals surface area contributed by atoms with Crippen LogP contribution >= 0.6 is 0 Å². The van der Waals surface area contributed by atoms with Gasteiger partial charge < -0.3 is 9.47 Å². The van der Waals surface area contributed by atoms with Crippen LogP contribution in [0.3, 0.4) is 0 Å². The Kier molecular flexibility index (Phi) is 6.33. The SMILES string of the molecule is COc1ccccc1OCC#CCNS(=O)(=O)c1c(F)cccc1F. The van der Waals surface area contributed by atoms with Crippen molar-refractivity contribution in [3.8, 4) is 23.3 Å². The van der Waals surface area contributed by atoms with E-state index >= 15 is 0 Å². The van der Waals surface area contributed by atoms with E-state index in [1.807, 2.05) is 4.72 Å². The van der Waals surface area contributed by atoms with E-state index in [0.717, 1.165) is 18.2 Å². The molecule has 2 aromatic rings. The van der Waals surface area contributed by atoms with E-state index in [2.05, 4.69) is 11.8 Å². The zero-order chi connectivity index (χ0) is 18.3. The number of methoxy groups -OCH3 is 1. The molecule has 2 aromatic carbocycles. The fourth-order valence-electron chi connectivity index (χ4n) is 1.91. The Hall–Kier alpha value is -2.63. The third-order valence-electron chi connectivity index (χ3n) is 3.03. The maximum Gasteiger partial charge on any atom is 0.247 e. The minimum atomic E-state index is -4.33. The molecule has 5 nitrogen and oxygen atoms in total. The van der Waals surface area contributed by atoms with Gasteiger partial charge in [-0.2, -0.15) is 4.72 Å². The average molecular weight is 367 g/mol. The molecule has 0 aliphatic rings. The lowest BCUT2D eigenvalue weighted by atomic mass is 10.3. The number of para-hydroxylation sites is 2. The van der Waals surface area contributed by atoms with Crippen LogP contribution in [0.5, 0.6) is 11.5 Å². The van der Waals surface area contributed by atoms with Gasteiger partial charge in [-0.15, -0.1) is 0 Å². The van der Waals surface area contributed by atoms with Crippen molar-refractivity contribution in [1.82, 2.24) is 4.72 Å². The molecule has 0 fully saturated rings. The molecule has 25 heavy (non-hydrogen) atoms. The van der Waals surface area contributed by atoms with Crippen molar-refractivity contribution < 1.29 is 26.7 Å². The van der Waals surface area contributed by atoms with Gasteiger partial charge >= 0.3 is 0 Å². The molecule has 0 atom stereocenters. The van der Waals surface area contributed by atoms with Gasteiger partial charge in [0.15, 0.2) is 16.4 Å². The van der Waals surface area contributed by atoms with Crippen LogP contribution in [0.4, 0.5) is 8.78 Å². The van der Waals surface area contributed by atoms with E-state index < -0.39 is 26.6 Å². The standard InChI is InChI=1S/C17H15F2NO4S/c1-23-15-9-2-3-10-16(15)24-12-5-4-11-20-25(21,22)17-13(18)7-6-8-14(17)19/h2-3,6-10,20H,11-12H2,1H3. The van der Waals surface area contributed by atoms with Crippen molar-refractivity contribution in [2.45, 2.75) is 4.90 Å². The molecule has 0 unspecified atom stereocenters. The molecule has 0 heterocycles. The summed E-state index contributed by atoms with van der Waals surface area (Å²) in [5.41, 5.74) is 0. The van der Waals surface area contributed by atoms with Gasteiger partial charge in [0, 0.05) is 0 Å². The number of rotatable bonds is 6. The summed E-state index contributed by atoms with van der Waals surface area (Å²) in [5.74, 6) is 3.81. The number of ether oxygens (including phenoxy) is 2. The van der Waals surface area contributed by atoms with Gasteiger partial charge in [-0.1, -0.05) is 30.0 Å². The molecule has 0 saturated carbocycles. The number of sulfonamides is 1. The first kappa shape index (κ1) is 18.7. The highest BCUT2D eigenvalue weighted by Gasteiger charge is 2.22. The molecule has 8 heteroatoms. The average Bonchev–Trinajstić information content (AvgIpc) is 2.58. The Morgan fingerprint density at radius 2 is 1.64 bits per heavy atom. The fourth-order valence-corrected chi connectivity index (χ4v) is 2.96. The molecule has 0 spiro atoms. The van der Waals surface area contributed by atoms with E-state index in [9.17, 15) is 17.2 Å². The lowest BCUT2D eigenvalue weighted by Crippen LogP contribution is -2.26. The Balaban J connectivity index is 1.92. The van der Waals surface area contributed by atoms with E-state index in [4.69, 9.17) is 9.47 Å². The summed E-state index contributed by atoms with van der Waals surface area (Å²) in [4.78, 5) is -1.03. The van der Waals surface area contributed by atoms with Crippen LogP contribution in [-0.2, 0) is 10.0 Å². The second-order valence-electron chi connectivity index (χ2n) is 4.67. The molecular formula is C17H15F2NO4S. The number of benzene rings is 2. The minimum absolute atomic E-state index is 0.00381. The predicted octanol–water partition coefficient (Wildman–Crippen LogP) is 2.33. The van der Waals surface area contributed by atoms with Gasteiger partial charge in [0.2, 0.25) is 10.0 Å². The van der Waals surface area contributed by atoms with Crippen molar-refractivity contribution in [1.29, 1.82) is 0 Å². The third-order valence-corrected chi connectivity index (χ3v) is 4.48. The van der Waals surface area contributed by atoms with Crippen molar-refractivity contribution >= 4 is 10.0 Å². The van der Waals surface area contributed by atoms with E-state index in [1.54, 1.807) is 24.3 Å². The highest BCUT2D eigenvalue weighted by Crippen LogP contribution is 2.25. The molecular weight excluding hydrogens is 352 g/mol. The van der Waals surface area contributed by atoms with Crippen LogP contribution < -0.4 is 14.2 Å². The van der Waals surface area contributed by atoms with Gasteiger partial charge in [0.25, 0.3) is 0 Å². The first-order valence-corrected chi connectivity index (χ1v) is 8.59. The lowest BCUT2D eigenvalue weighted by Gasteiger charge is -2.07. The Morgan fingerprint density at radius 3 is 2.28 bits per heavy atom. The summed E-state index contributed by atoms with van der Waals surface area (Å²) < 4.78 is 63.3. The summed E-state index contributed by atoms with van der Waals surface area (Å²) >= 11 is 0. The molecule has 2 rings (SSSR count). The molecule has 0 bridgehead atoms. The van der Waals surface area contributed by atoms with Crippen LogP contribution in [-0.4, -0.2) is 28.7 Å². The van der Waals surface area contributed by atoms with Gasteiger partial charge in [-0.25, -0.2) is 17.2 Å². The zero-order valence-corrected chi connectivity index (χ0v) is 14.1. The first-order valence-electron chi connectivity index (χ1n) is 7.11. The largest absolute Gasteiger partial charge is 0.493 e. The van der Waals surface area contributed by atoms with Crippen molar-refractivity contribution in [3.63, 3.8) is 0 Å². The first-order chi connectivity index (χ1) is 12.0. The van der Waals surface area contributed by atoms with E-state index in [1.165, 1.54) is 7.11 Å². The quantitative estimate of drug-likeness (QED) is 0.796. The van der Waals surface area contributed by atoms with Crippen LogP contribution in [0.1, 0.15) is 0 Å². The summed E-state index contributed by atoms with van der Waals surface area (Å²) in [7, 11) is -2.83. The molecule has 0 aromatic heterocycles. The molecule has 0 radical (unpaired) electrons. The van der Waals surface area contributed by atoms with E-state index in [-0.39, 0.29) is 13.2 Å². The summed E-state index contributed by atoms with van der Waals surface area (Å²) in [6, 6.07) is 9.79. The number of hydrogen-bond acceptors (Lipinski definition) is 4. The predicted molar refractivity (Wildman–Crippen MR) is 87.8 cm³/mol. The van der Waals surface area contributed by atoms with Gasteiger partial charge in [0.05, 0.1) is 13.7 Å². The van der Waals surface area contributed by atoms with Crippen LogP contribution in [0, 0.1) is 23.5 Å². The number of hydrogen-bond donors (Lipinski definition) is 1. The van der Waals surface area contributed by atoms with E-state index in [0.29, 0.717) is 11.5 Å². The zero-order valence-electron chi connectivity index (χ0n) is 13.3. The molecule has 0 aliphatic carbocycles. The minimum Gasteiger partial charge on any atom is -0.493 e. The molecule has 1 N–H and O–H groups in total. The summed E-state index contributed by atoms with van der Waals surface area (Å²) in [5, 5.41) is 0. The Morgan fingerprint density at radius 1 is 1.00 bits per heavy atom. The third kappa shape index (κ3) is 4.92. The topological polar surface area (TPSA) is 64.6 Å². The van der Waals surface area contributed by atoms with Crippen LogP contribution in [0.2, 0.25) is 0 Å². The number of halogens is 2. The number of nitrogens with one attached hydrogen (secondary N) is 1. The summed E-state index contributed by atoms with van der Waals surface area (Å²) in [6.07, 6.45) is 0. The maximum absolute atomic E-state index is 13.5. The monoisotopic (exact) mass is 367 g/mol. The fraction of sp³-hybridized carbons (Fsp3) is 0.176. The molecule has 0 saturated heterocycles. The van der Waals surface area contributed by atoms with Gasteiger partial charge in [-0.05, 0) is 24.3 Å². The van der Waals surface area contributed by atoms with Gasteiger partial charge in [0.1, 0.15) is 18.2 Å². The van der Waals surface area contributed by atoms with Crippen LogP contribution in [0.15, 0.2) is 47.4 Å². The van der Waals surface area contributed by atoms with Crippen LogP contribution in [0.25, 0.3) is 0 Å². The second-order valence-corrected chi connectivity index (χ2v) is 6.37. The Bertz CT molecular complexity index is 884. The van der Waals surface area contributed by atoms with Gasteiger partial charge in [-0.3, -0.25) is 0 Å². The van der Waals surface area contributed by atoms with Crippen molar-refractivity contribution in [2.75, 3.05) is 20.3 Å². The van der Waals surface area contributed by atoms with Crippen molar-refractivity contribution in [2.24, 2.45) is 0 Å². The normalized spacial score (nSPS) is 10.7. The lowest BCUT2D eigenvalue weighted by molar-refractivity contribution is 0.331. The second kappa shape index (κ2) is 8.46.